The number of ether oxygens (including phenoxy) is 2. The van der Waals surface area contributed by atoms with Crippen molar-refractivity contribution in [3.05, 3.63) is 23.4 Å². The molecular weight excluding hydrogens is 290 g/mol. The van der Waals surface area contributed by atoms with Gasteiger partial charge in [-0.25, -0.2) is 4.98 Å². The van der Waals surface area contributed by atoms with E-state index in [1.54, 1.807) is 6.20 Å². The number of anilines is 1. The van der Waals surface area contributed by atoms with Crippen molar-refractivity contribution < 1.29 is 9.47 Å². The highest BCUT2D eigenvalue weighted by Gasteiger charge is 2.31. The van der Waals surface area contributed by atoms with Crippen molar-refractivity contribution >= 4 is 17.4 Å². The molecule has 2 atom stereocenters. The molecule has 0 aromatic carbocycles. The number of pyridine rings is 1. The van der Waals surface area contributed by atoms with E-state index in [9.17, 15) is 0 Å². The maximum atomic E-state index is 5.87. The van der Waals surface area contributed by atoms with Gasteiger partial charge >= 0.3 is 0 Å². The van der Waals surface area contributed by atoms with E-state index in [4.69, 9.17) is 21.1 Å². The number of aromatic nitrogens is 1. The first kappa shape index (κ1) is 15.0. The number of morpholine rings is 1. The second-order valence-corrected chi connectivity index (χ2v) is 6.02. The first-order valence-electron chi connectivity index (χ1n) is 7.58. The average molecular weight is 312 g/mol. The Labute approximate surface area is 130 Å². The highest BCUT2D eigenvalue weighted by molar-refractivity contribution is 6.30. The number of halogens is 1. The third kappa shape index (κ3) is 4.07. The molecule has 1 aromatic rings. The lowest BCUT2D eigenvalue weighted by molar-refractivity contribution is 0.00460. The minimum absolute atomic E-state index is 0.467. The number of nitrogens with one attached hydrogen (secondary N) is 1. The van der Waals surface area contributed by atoms with E-state index in [1.165, 1.54) is 0 Å². The van der Waals surface area contributed by atoms with Gasteiger partial charge in [-0.05, 0) is 18.6 Å². The van der Waals surface area contributed by atoms with Crippen LogP contribution in [0.15, 0.2) is 18.3 Å². The Morgan fingerprint density at radius 3 is 2.81 bits per heavy atom. The minimum atomic E-state index is 0.467. The molecule has 0 spiro atoms. The molecule has 2 aliphatic rings. The fourth-order valence-corrected chi connectivity index (χ4v) is 3.16. The Balaban J connectivity index is 1.62. The number of nitrogens with zero attached hydrogens (tertiary/aromatic N) is 2. The first-order chi connectivity index (χ1) is 10.3. The van der Waals surface area contributed by atoms with Crippen LogP contribution < -0.4 is 5.32 Å². The molecule has 0 saturated carbocycles. The van der Waals surface area contributed by atoms with Crippen LogP contribution in [0.3, 0.4) is 0 Å². The first-order valence-corrected chi connectivity index (χ1v) is 7.96. The van der Waals surface area contributed by atoms with Crippen molar-refractivity contribution in [3.8, 4) is 0 Å². The summed E-state index contributed by atoms with van der Waals surface area (Å²) in [4.78, 5) is 6.82. The van der Waals surface area contributed by atoms with Crippen LogP contribution >= 0.6 is 11.6 Å². The van der Waals surface area contributed by atoms with Gasteiger partial charge in [0.1, 0.15) is 5.82 Å². The molecule has 116 valence electrons. The average Bonchev–Trinajstić information content (AvgIpc) is 3.05. The Bertz CT molecular complexity index is 431. The summed E-state index contributed by atoms with van der Waals surface area (Å²) in [6, 6.07) is 4.25. The second kappa shape index (κ2) is 7.40. The standard InChI is InChI=1S/C15H22ClN3O2/c16-13-1-2-15(17-9-13)18-10-14(12-3-6-21-11-12)19-4-7-20-8-5-19/h1-2,9,12,14H,3-8,10-11H2,(H,17,18)/t12-,14+/m0/s1. The van der Waals surface area contributed by atoms with E-state index in [2.05, 4.69) is 15.2 Å². The zero-order chi connectivity index (χ0) is 14.5. The van der Waals surface area contributed by atoms with Crippen LogP contribution in [0.5, 0.6) is 0 Å². The van der Waals surface area contributed by atoms with Crippen LogP contribution in [0.1, 0.15) is 6.42 Å². The molecule has 2 saturated heterocycles. The molecule has 2 aliphatic heterocycles. The summed E-state index contributed by atoms with van der Waals surface area (Å²) >= 11 is 5.87. The van der Waals surface area contributed by atoms with E-state index in [-0.39, 0.29) is 0 Å². The number of hydrogen-bond acceptors (Lipinski definition) is 5. The summed E-state index contributed by atoms with van der Waals surface area (Å²) in [5, 5.41) is 4.10. The molecule has 3 heterocycles. The van der Waals surface area contributed by atoms with Gasteiger partial charge in [-0.1, -0.05) is 11.6 Å². The molecule has 3 rings (SSSR count). The third-order valence-electron chi connectivity index (χ3n) is 4.24. The molecule has 21 heavy (non-hydrogen) atoms. The van der Waals surface area contributed by atoms with Crippen LogP contribution in [0.25, 0.3) is 0 Å². The van der Waals surface area contributed by atoms with E-state index >= 15 is 0 Å². The number of rotatable bonds is 5. The number of hydrogen-bond donors (Lipinski definition) is 1. The Hall–Kier alpha value is -0.880. The molecule has 0 radical (unpaired) electrons. The van der Waals surface area contributed by atoms with E-state index in [1.807, 2.05) is 12.1 Å². The molecule has 2 fully saturated rings. The van der Waals surface area contributed by atoms with Gasteiger partial charge in [-0.3, -0.25) is 4.90 Å². The summed E-state index contributed by atoms with van der Waals surface area (Å²) in [5.74, 6) is 1.46. The van der Waals surface area contributed by atoms with Gasteiger partial charge in [0.25, 0.3) is 0 Å². The van der Waals surface area contributed by atoms with Crippen molar-refractivity contribution in [3.63, 3.8) is 0 Å². The maximum absolute atomic E-state index is 5.87. The Kier molecular flexibility index (Phi) is 5.30. The van der Waals surface area contributed by atoms with Crippen molar-refractivity contribution in [1.82, 2.24) is 9.88 Å². The third-order valence-corrected chi connectivity index (χ3v) is 4.47. The molecule has 1 N–H and O–H groups in total. The summed E-state index contributed by atoms with van der Waals surface area (Å²) in [7, 11) is 0. The molecule has 1 aromatic heterocycles. The second-order valence-electron chi connectivity index (χ2n) is 5.58. The predicted molar refractivity (Wildman–Crippen MR) is 82.8 cm³/mol. The lowest BCUT2D eigenvalue weighted by atomic mass is 9.97. The van der Waals surface area contributed by atoms with Crippen LogP contribution in [-0.4, -0.2) is 62.0 Å². The molecule has 0 bridgehead atoms. The van der Waals surface area contributed by atoms with Crippen LogP contribution in [-0.2, 0) is 9.47 Å². The zero-order valence-corrected chi connectivity index (χ0v) is 12.9. The van der Waals surface area contributed by atoms with Crippen molar-refractivity contribution in [2.75, 3.05) is 51.4 Å². The summed E-state index contributed by atoms with van der Waals surface area (Å²) in [6.07, 6.45) is 2.81. The predicted octanol–water partition coefficient (Wildman–Crippen LogP) is 1.88. The lowest BCUT2D eigenvalue weighted by Crippen LogP contribution is -2.50. The fraction of sp³-hybridized carbons (Fsp3) is 0.667. The lowest BCUT2D eigenvalue weighted by Gasteiger charge is -2.37. The van der Waals surface area contributed by atoms with Crippen molar-refractivity contribution in [2.45, 2.75) is 12.5 Å². The molecule has 0 unspecified atom stereocenters. The summed E-state index contributed by atoms with van der Waals surface area (Å²) in [6.45, 7) is 6.26. The van der Waals surface area contributed by atoms with E-state index in [0.717, 1.165) is 58.3 Å². The van der Waals surface area contributed by atoms with Crippen LogP contribution in [0, 0.1) is 5.92 Å². The molecule has 6 heteroatoms. The van der Waals surface area contributed by atoms with Gasteiger partial charge in [0, 0.05) is 44.4 Å². The molecule has 0 amide bonds. The molecule has 0 aliphatic carbocycles. The summed E-state index contributed by atoms with van der Waals surface area (Å²) in [5.41, 5.74) is 0. The van der Waals surface area contributed by atoms with Gasteiger partial charge in [-0.2, -0.15) is 0 Å². The Morgan fingerprint density at radius 1 is 1.29 bits per heavy atom. The quantitative estimate of drug-likeness (QED) is 0.900. The smallest absolute Gasteiger partial charge is 0.126 e. The normalized spacial score (nSPS) is 24.9. The highest BCUT2D eigenvalue weighted by Crippen LogP contribution is 2.22. The topological polar surface area (TPSA) is 46.6 Å². The van der Waals surface area contributed by atoms with Gasteiger partial charge in [-0.15, -0.1) is 0 Å². The van der Waals surface area contributed by atoms with Crippen LogP contribution in [0.4, 0.5) is 5.82 Å². The van der Waals surface area contributed by atoms with E-state index in [0.29, 0.717) is 17.0 Å². The monoisotopic (exact) mass is 311 g/mol. The van der Waals surface area contributed by atoms with Gasteiger partial charge in [0.05, 0.1) is 24.8 Å². The molecular formula is C15H22ClN3O2. The van der Waals surface area contributed by atoms with E-state index < -0.39 is 0 Å². The maximum Gasteiger partial charge on any atom is 0.126 e. The van der Waals surface area contributed by atoms with Crippen LogP contribution in [0.2, 0.25) is 5.02 Å². The zero-order valence-electron chi connectivity index (χ0n) is 12.1. The van der Waals surface area contributed by atoms with Crippen molar-refractivity contribution in [2.24, 2.45) is 5.92 Å². The fourth-order valence-electron chi connectivity index (χ4n) is 3.05. The largest absolute Gasteiger partial charge is 0.381 e. The van der Waals surface area contributed by atoms with Gasteiger partial charge in [0.2, 0.25) is 0 Å². The minimum Gasteiger partial charge on any atom is -0.381 e. The van der Waals surface area contributed by atoms with Gasteiger partial charge < -0.3 is 14.8 Å². The Morgan fingerprint density at radius 2 is 2.14 bits per heavy atom. The molecule has 5 nitrogen and oxygen atoms in total. The van der Waals surface area contributed by atoms with Gasteiger partial charge in [0.15, 0.2) is 0 Å². The summed E-state index contributed by atoms with van der Waals surface area (Å²) < 4.78 is 11.0. The highest BCUT2D eigenvalue weighted by atomic mass is 35.5. The SMILES string of the molecule is Clc1ccc(NC[C@H]([C@H]2CCOC2)N2CCOCC2)nc1. The van der Waals surface area contributed by atoms with Crippen molar-refractivity contribution in [1.29, 1.82) is 0 Å².